The minimum Gasteiger partial charge on any atom is -0.469 e. The smallest absolute Gasteiger partial charge is 0.310 e. The number of amides is 1. The van der Waals surface area contributed by atoms with Gasteiger partial charge >= 0.3 is 5.97 Å². The van der Waals surface area contributed by atoms with E-state index in [1.165, 1.54) is 7.11 Å². The summed E-state index contributed by atoms with van der Waals surface area (Å²) in [5.41, 5.74) is 0.661. The van der Waals surface area contributed by atoms with Crippen LogP contribution in [0.25, 0.3) is 0 Å². The Morgan fingerprint density at radius 1 is 1.21 bits per heavy atom. The molecular formula is C20H31IN4O3. The molecule has 2 N–H and O–H groups in total. The Morgan fingerprint density at radius 3 is 2.57 bits per heavy atom. The fourth-order valence-corrected chi connectivity index (χ4v) is 3.18. The van der Waals surface area contributed by atoms with Crippen LogP contribution in [0.5, 0.6) is 0 Å². The molecule has 0 spiro atoms. The average Bonchev–Trinajstić information content (AvgIpc) is 3.08. The van der Waals surface area contributed by atoms with E-state index in [4.69, 9.17) is 4.74 Å². The summed E-state index contributed by atoms with van der Waals surface area (Å²) in [5, 5.41) is 6.19. The van der Waals surface area contributed by atoms with Gasteiger partial charge in [-0.3, -0.25) is 14.6 Å². The third kappa shape index (κ3) is 6.96. The Bertz CT molecular complexity index is 654. The number of halogens is 1. The number of likely N-dealkylation sites (tertiary alicyclic amines) is 1. The Morgan fingerprint density at radius 2 is 1.93 bits per heavy atom. The van der Waals surface area contributed by atoms with E-state index in [1.54, 1.807) is 12.1 Å². The number of carbonyl (C=O) groups excluding carboxylic acids is 2. The SMILES string of the molecule is CCNC(=NCCCNC(=O)c1ccccc1)N1CC(C)C(C(=O)OC)C1.I. The van der Waals surface area contributed by atoms with Gasteiger partial charge in [0.15, 0.2) is 5.96 Å². The minimum atomic E-state index is -0.163. The van der Waals surface area contributed by atoms with Crippen LogP contribution in [0.15, 0.2) is 35.3 Å². The molecule has 1 saturated heterocycles. The molecule has 1 amide bonds. The molecule has 0 bridgehead atoms. The van der Waals surface area contributed by atoms with Gasteiger partial charge in [0.1, 0.15) is 0 Å². The summed E-state index contributed by atoms with van der Waals surface area (Å²) in [6.07, 6.45) is 0.747. The molecule has 28 heavy (non-hydrogen) atoms. The standard InChI is InChI=1S/C20H30N4O3.HI/c1-4-21-20(24-13-15(2)17(14-24)19(26)27-3)23-12-8-11-22-18(25)16-9-6-5-7-10-16;/h5-7,9-10,15,17H,4,8,11-14H2,1-3H3,(H,21,23)(H,22,25);1H. The number of methoxy groups -OCH3 is 1. The van der Waals surface area contributed by atoms with Crippen LogP contribution in [0.4, 0.5) is 0 Å². The molecule has 0 radical (unpaired) electrons. The van der Waals surface area contributed by atoms with E-state index in [0.717, 1.165) is 25.5 Å². The van der Waals surface area contributed by atoms with Crippen LogP contribution in [0.2, 0.25) is 0 Å². The van der Waals surface area contributed by atoms with Crippen molar-refractivity contribution in [1.82, 2.24) is 15.5 Å². The highest BCUT2D eigenvalue weighted by molar-refractivity contribution is 14.0. The van der Waals surface area contributed by atoms with Crippen molar-refractivity contribution in [2.24, 2.45) is 16.8 Å². The lowest BCUT2D eigenvalue weighted by molar-refractivity contribution is -0.145. The third-order valence-corrected chi connectivity index (χ3v) is 4.67. The number of nitrogens with one attached hydrogen (secondary N) is 2. The fraction of sp³-hybridized carbons (Fsp3) is 0.550. The van der Waals surface area contributed by atoms with Gasteiger partial charge in [0.2, 0.25) is 0 Å². The number of ether oxygens (including phenoxy) is 1. The van der Waals surface area contributed by atoms with E-state index < -0.39 is 0 Å². The number of benzene rings is 1. The highest BCUT2D eigenvalue weighted by atomic mass is 127. The van der Waals surface area contributed by atoms with Crippen LogP contribution in [-0.4, -0.2) is 62.6 Å². The molecular weight excluding hydrogens is 471 g/mol. The molecule has 1 fully saturated rings. The lowest BCUT2D eigenvalue weighted by Gasteiger charge is -2.21. The van der Waals surface area contributed by atoms with Crippen LogP contribution < -0.4 is 10.6 Å². The van der Waals surface area contributed by atoms with E-state index in [-0.39, 0.29) is 47.7 Å². The number of guanidine groups is 1. The van der Waals surface area contributed by atoms with Gasteiger partial charge in [0.05, 0.1) is 13.0 Å². The Kier molecular flexibility index (Phi) is 10.9. The van der Waals surface area contributed by atoms with Gasteiger partial charge in [0.25, 0.3) is 5.91 Å². The summed E-state index contributed by atoms with van der Waals surface area (Å²) in [7, 11) is 1.43. The first-order valence-electron chi connectivity index (χ1n) is 9.51. The lowest BCUT2D eigenvalue weighted by Crippen LogP contribution is -2.40. The number of esters is 1. The van der Waals surface area contributed by atoms with Gasteiger partial charge < -0.3 is 20.3 Å². The van der Waals surface area contributed by atoms with E-state index in [2.05, 4.69) is 27.4 Å². The lowest BCUT2D eigenvalue weighted by atomic mass is 9.99. The molecule has 1 aliphatic heterocycles. The van der Waals surface area contributed by atoms with Crippen molar-refractivity contribution in [2.45, 2.75) is 20.3 Å². The van der Waals surface area contributed by atoms with Crippen LogP contribution in [-0.2, 0) is 9.53 Å². The van der Waals surface area contributed by atoms with Gasteiger partial charge in [-0.05, 0) is 31.4 Å². The van der Waals surface area contributed by atoms with E-state index in [1.807, 2.05) is 25.1 Å². The third-order valence-electron chi connectivity index (χ3n) is 4.67. The number of nitrogens with zero attached hydrogens (tertiary/aromatic N) is 2. The summed E-state index contributed by atoms with van der Waals surface area (Å²) < 4.78 is 4.90. The Labute approximate surface area is 184 Å². The van der Waals surface area contributed by atoms with Gasteiger partial charge in [-0.15, -0.1) is 24.0 Å². The second kappa shape index (κ2) is 12.6. The van der Waals surface area contributed by atoms with Gasteiger partial charge in [0, 0.05) is 38.3 Å². The zero-order valence-electron chi connectivity index (χ0n) is 16.8. The Balaban J connectivity index is 0.00000392. The van der Waals surface area contributed by atoms with Crippen LogP contribution >= 0.6 is 24.0 Å². The number of hydrogen-bond donors (Lipinski definition) is 2. The first kappa shape index (κ1) is 24.2. The average molecular weight is 502 g/mol. The summed E-state index contributed by atoms with van der Waals surface area (Å²) in [5.74, 6) is 0.686. The van der Waals surface area contributed by atoms with Gasteiger partial charge in [-0.1, -0.05) is 25.1 Å². The molecule has 1 aromatic carbocycles. The van der Waals surface area contributed by atoms with E-state index in [9.17, 15) is 9.59 Å². The van der Waals surface area contributed by atoms with Crippen LogP contribution in [0.1, 0.15) is 30.6 Å². The van der Waals surface area contributed by atoms with Crippen molar-refractivity contribution in [2.75, 3.05) is 39.8 Å². The molecule has 0 aliphatic carbocycles. The summed E-state index contributed by atoms with van der Waals surface area (Å²) in [6.45, 7) is 7.40. The maximum absolute atomic E-state index is 12.0. The van der Waals surface area contributed by atoms with E-state index in [0.29, 0.717) is 25.2 Å². The number of rotatable bonds is 7. The Hall–Kier alpha value is -1.84. The molecule has 2 rings (SSSR count). The molecule has 0 saturated carbocycles. The van der Waals surface area contributed by atoms with Crippen molar-refractivity contribution in [1.29, 1.82) is 0 Å². The van der Waals surface area contributed by atoms with Crippen molar-refractivity contribution in [3.8, 4) is 0 Å². The summed E-state index contributed by atoms with van der Waals surface area (Å²) >= 11 is 0. The van der Waals surface area contributed by atoms with Crippen molar-refractivity contribution >= 4 is 41.8 Å². The molecule has 2 unspecified atom stereocenters. The first-order valence-corrected chi connectivity index (χ1v) is 9.51. The molecule has 1 heterocycles. The second-order valence-corrected chi connectivity index (χ2v) is 6.72. The second-order valence-electron chi connectivity index (χ2n) is 6.72. The topological polar surface area (TPSA) is 83.0 Å². The molecule has 1 aromatic rings. The number of hydrogen-bond acceptors (Lipinski definition) is 4. The van der Waals surface area contributed by atoms with Crippen LogP contribution in [0.3, 0.4) is 0 Å². The minimum absolute atomic E-state index is 0. The first-order chi connectivity index (χ1) is 13.1. The highest BCUT2D eigenvalue weighted by Crippen LogP contribution is 2.24. The maximum Gasteiger partial charge on any atom is 0.310 e. The normalized spacial score (nSPS) is 19.0. The molecule has 2 atom stereocenters. The van der Waals surface area contributed by atoms with Crippen molar-refractivity contribution in [3.63, 3.8) is 0 Å². The zero-order valence-corrected chi connectivity index (χ0v) is 19.1. The zero-order chi connectivity index (χ0) is 19.6. The molecule has 1 aliphatic rings. The molecule has 7 nitrogen and oxygen atoms in total. The van der Waals surface area contributed by atoms with Gasteiger partial charge in [-0.25, -0.2) is 0 Å². The largest absolute Gasteiger partial charge is 0.469 e. The molecule has 8 heteroatoms. The predicted octanol–water partition coefficient (Wildman–Crippen LogP) is 2.13. The van der Waals surface area contributed by atoms with Gasteiger partial charge in [-0.2, -0.15) is 0 Å². The summed E-state index contributed by atoms with van der Waals surface area (Å²) in [6, 6.07) is 9.17. The highest BCUT2D eigenvalue weighted by Gasteiger charge is 2.36. The molecule has 0 aromatic heterocycles. The number of carbonyl (C=O) groups is 2. The quantitative estimate of drug-likeness (QED) is 0.196. The molecule has 156 valence electrons. The monoisotopic (exact) mass is 502 g/mol. The van der Waals surface area contributed by atoms with Crippen molar-refractivity contribution < 1.29 is 14.3 Å². The maximum atomic E-state index is 12.0. The number of aliphatic imine (C=N–C) groups is 1. The van der Waals surface area contributed by atoms with Crippen LogP contribution in [0, 0.1) is 11.8 Å². The fourth-order valence-electron chi connectivity index (χ4n) is 3.18. The van der Waals surface area contributed by atoms with Crippen molar-refractivity contribution in [3.05, 3.63) is 35.9 Å². The predicted molar refractivity (Wildman–Crippen MR) is 121 cm³/mol. The summed E-state index contributed by atoms with van der Waals surface area (Å²) in [4.78, 5) is 30.6. The van der Waals surface area contributed by atoms with E-state index >= 15 is 0 Å².